The molecule has 0 aromatic heterocycles. The third-order valence-corrected chi connectivity index (χ3v) is 3.69. The molecule has 0 aliphatic heterocycles. The minimum atomic E-state index is 0.320. The SMILES string of the molecule is CC=CC1(CCCC)C=CC(CCCC)=CC1. The first kappa shape index (κ1) is 14.3. The summed E-state index contributed by atoms with van der Waals surface area (Å²) in [5, 5.41) is 0. The monoisotopic (exact) mass is 232 g/mol. The molecule has 0 bridgehead atoms. The van der Waals surface area contributed by atoms with Gasteiger partial charge in [-0.05, 0) is 32.6 Å². The predicted molar refractivity (Wildman–Crippen MR) is 78.1 cm³/mol. The highest BCUT2D eigenvalue weighted by molar-refractivity contribution is 5.29. The van der Waals surface area contributed by atoms with Gasteiger partial charge in [-0.3, -0.25) is 0 Å². The van der Waals surface area contributed by atoms with Crippen molar-refractivity contribution in [2.24, 2.45) is 5.41 Å². The van der Waals surface area contributed by atoms with Crippen molar-refractivity contribution in [3.8, 4) is 0 Å². The molecule has 0 heteroatoms. The van der Waals surface area contributed by atoms with Crippen molar-refractivity contribution in [2.75, 3.05) is 0 Å². The van der Waals surface area contributed by atoms with E-state index in [2.05, 4.69) is 51.2 Å². The average molecular weight is 232 g/mol. The van der Waals surface area contributed by atoms with Gasteiger partial charge in [-0.15, -0.1) is 0 Å². The molecule has 0 amide bonds. The number of hydrogen-bond donors (Lipinski definition) is 0. The summed E-state index contributed by atoms with van der Waals surface area (Å²) in [4.78, 5) is 0. The van der Waals surface area contributed by atoms with E-state index < -0.39 is 0 Å². The first-order valence-electron chi connectivity index (χ1n) is 7.28. The molecule has 0 nitrogen and oxygen atoms in total. The fraction of sp³-hybridized carbons (Fsp3) is 0.647. The Labute approximate surface area is 108 Å². The summed E-state index contributed by atoms with van der Waals surface area (Å²) in [7, 11) is 0. The normalized spacial score (nSPS) is 24.3. The lowest BCUT2D eigenvalue weighted by atomic mass is 9.75. The topological polar surface area (TPSA) is 0 Å². The Morgan fingerprint density at radius 2 is 2.00 bits per heavy atom. The first-order valence-corrected chi connectivity index (χ1v) is 7.28. The average Bonchev–Trinajstić information content (AvgIpc) is 2.36. The van der Waals surface area contributed by atoms with Gasteiger partial charge < -0.3 is 0 Å². The third kappa shape index (κ3) is 4.53. The number of rotatable bonds is 7. The Morgan fingerprint density at radius 3 is 2.53 bits per heavy atom. The summed E-state index contributed by atoms with van der Waals surface area (Å²) < 4.78 is 0. The number of allylic oxidation sites excluding steroid dienone is 6. The third-order valence-electron chi connectivity index (χ3n) is 3.69. The molecule has 0 aromatic rings. The van der Waals surface area contributed by atoms with Gasteiger partial charge in [-0.2, -0.15) is 0 Å². The second-order valence-corrected chi connectivity index (χ2v) is 5.26. The lowest BCUT2D eigenvalue weighted by molar-refractivity contribution is 0.429. The van der Waals surface area contributed by atoms with Gasteiger partial charge in [0.05, 0.1) is 0 Å². The minimum absolute atomic E-state index is 0.320. The molecule has 0 saturated heterocycles. The lowest BCUT2D eigenvalue weighted by Gasteiger charge is -2.29. The molecule has 0 fully saturated rings. The van der Waals surface area contributed by atoms with Gasteiger partial charge in [-0.1, -0.05) is 69.1 Å². The van der Waals surface area contributed by atoms with Gasteiger partial charge in [0.15, 0.2) is 0 Å². The Morgan fingerprint density at radius 1 is 1.24 bits per heavy atom. The highest BCUT2D eigenvalue weighted by Crippen LogP contribution is 2.37. The van der Waals surface area contributed by atoms with E-state index in [9.17, 15) is 0 Å². The lowest BCUT2D eigenvalue weighted by Crippen LogP contribution is -2.16. The number of unbranched alkanes of at least 4 members (excludes halogenated alkanes) is 2. The molecule has 1 aliphatic carbocycles. The zero-order chi connectivity index (χ0) is 12.6. The van der Waals surface area contributed by atoms with Crippen LogP contribution in [0, 0.1) is 5.41 Å². The zero-order valence-corrected chi connectivity index (χ0v) is 11.8. The zero-order valence-electron chi connectivity index (χ0n) is 11.8. The maximum Gasteiger partial charge on any atom is 0.00987 e. The van der Waals surface area contributed by atoms with Crippen LogP contribution in [0.1, 0.15) is 65.7 Å². The molecule has 0 heterocycles. The number of hydrogen-bond acceptors (Lipinski definition) is 0. The van der Waals surface area contributed by atoms with E-state index in [1.165, 1.54) is 44.9 Å². The second kappa shape index (κ2) is 7.53. The van der Waals surface area contributed by atoms with E-state index >= 15 is 0 Å². The summed E-state index contributed by atoms with van der Waals surface area (Å²) in [5.74, 6) is 0. The van der Waals surface area contributed by atoms with Crippen LogP contribution in [0.25, 0.3) is 0 Å². The molecule has 1 atom stereocenters. The molecule has 17 heavy (non-hydrogen) atoms. The Balaban J connectivity index is 2.61. The Bertz CT molecular complexity index is 293. The van der Waals surface area contributed by atoms with Gasteiger partial charge in [-0.25, -0.2) is 0 Å². The summed E-state index contributed by atoms with van der Waals surface area (Å²) in [6.45, 7) is 6.68. The Hall–Kier alpha value is -0.780. The first-order chi connectivity index (χ1) is 8.26. The van der Waals surface area contributed by atoms with E-state index in [0.29, 0.717) is 5.41 Å². The summed E-state index contributed by atoms with van der Waals surface area (Å²) in [6, 6.07) is 0. The van der Waals surface area contributed by atoms with Crippen molar-refractivity contribution in [3.05, 3.63) is 36.0 Å². The van der Waals surface area contributed by atoms with Crippen LogP contribution < -0.4 is 0 Å². The molecule has 1 unspecified atom stereocenters. The molecular weight excluding hydrogens is 204 g/mol. The van der Waals surface area contributed by atoms with Crippen LogP contribution in [0.2, 0.25) is 0 Å². The predicted octanol–water partition coefficient (Wildman–Crippen LogP) is 5.82. The smallest absolute Gasteiger partial charge is 0.00987 e. The van der Waals surface area contributed by atoms with Crippen LogP contribution in [0.5, 0.6) is 0 Å². The van der Waals surface area contributed by atoms with Crippen molar-refractivity contribution in [1.82, 2.24) is 0 Å². The summed E-state index contributed by atoms with van der Waals surface area (Å²) in [6.07, 6.45) is 20.9. The van der Waals surface area contributed by atoms with Gasteiger partial charge >= 0.3 is 0 Å². The van der Waals surface area contributed by atoms with Crippen LogP contribution in [0.4, 0.5) is 0 Å². The van der Waals surface area contributed by atoms with Crippen molar-refractivity contribution in [1.29, 1.82) is 0 Å². The molecule has 0 aromatic carbocycles. The van der Waals surface area contributed by atoms with Crippen molar-refractivity contribution in [3.63, 3.8) is 0 Å². The fourth-order valence-corrected chi connectivity index (χ4v) is 2.53. The van der Waals surface area contributed by atoms with Crippen molar-refractivity contribution in [2.45, 2.75) is 65.7 Å². The van der Waals surface area contributed by atoms with Crippen LogP contribution in [-0.2, 0) is 0 Å². The molecule has 0 spiro atoms. The van der Waals surface area contributed by atoms with Crippen molar-refractivity contribution < 1.29 is 0 Å². The highest BCUT2D eigenvalue weighted by Gasteiger charge is 2.24. The molecule has 1 aliphatic rings. The molecule has 1 rings (SSSR count). The van der Waals surface area contributed by atoms with Crippen LogP contribution in [0.15, 0.2) is 36.0 Å². The molecule has 0 N–H and O–H groups in total. The van der Waals surface area contributed by atoms with Crippen LogP contribution in [-0.4, -0.2) is 0 Å². The van der Waals surface area contributed by atoms with Gasteiger partial charge in [0.2, 0.25) is 0 Å². The Kier molecular flexibility index (Phi) is 6.32. The van der Waals surface area contributed by atoms with E-state index in [-0.39, 0.29) is 0 Å². The highest BCUT2D eigenvalue weighted by atomic mass is 14.3. The fourth-order valence-electron chi connectivity index (χ4n) is 2.53. The van der Waals surface area contributed by atoms with Gasteiger partial charge in [0.1, 0.15) is 0 Å². The largest absolute Gasteiger partial charge is 0.0908 e. The molecular formula is C17H28. The van der Waals surface area contributed by atoms with Crippen molar-refractivity contribution >= 4 is 0 Å². The van der Waals surface area contributed by atoms with Crippen LogP contribution in [0.3, 0.4) is 0 Å². The van der Waals surface area contributed by atoms with Gasteiger partial charge in [0, 0.05) is 5.41 Å². The molecule has 0 saturated carbocycles. The molecule has 96 valence electrons. The summed E-state index contributed by atoms with van der Waals surface area (Å²) in [5.41, 5.74) is 1.86. The standard InChI is InChI=1S/C17H28/c1-4-7-9-16-10-14-17(12-6-3,15-11-16)13-8-5-2/h6,10-12,14H,4-5,7-9,13,15H2,1-3H3. The summed E-state index contributed by atoms with van der Waals surface area (Å²) >= 11 is 0. The maximum absolute atomic E-state index is 2.46. The van der Waals surface area contributed by atoms with E-state index in [0.717, 1.165) is 0 Å². The maximum atomic E-state index is 2.46. The molecule has 0 radical (unpaired) electrons. The quantitative estimate of drug-likeness (QED) is 0.485. The van der Waals surface area contributed by atoms with E-state index in [1.54, 1.807) is 5.57 Å². The van der Waals surface area contributed by atoms with E-state index in [1.807, 2.05) is 0 Å². The van der Waals surface area contributed by atoms with Gasteiger partial charge in [0.25, 0.3) is 0 Å². The minimum Gasteiger partial charge on any atom is -0.0908 e. The van der Waals surface area contributed by atoms with Crippen LogP contribution >= 0.6 is 0 Å². The second-order valence-electron chi connectivity index (χ2n) is 5.26. The van der Waals surface area contributed by atoms with E-state index in [4.69, 9.17) is 0 Å².